The maximum atomic E-state index is 12.1. The molecule has 0 saturated carbocycles. The lowest BCUT2D eigenvalue weighted by molar-refractivity contribution is -0.136. The van der Waals surface area contributed by atoms with Crippen LogP contribution in [0.4, 0.5) is 0 Å². The van der Waals surface area contributed by atoms with E-state index in [-0.39, 0.29) is 11.9 Å². The molecule has 0 aromatic heterocycles. The molecule has 0 rings (SSSR count). The first-order valence-electron chi connectivity index (χ1n) is 5.81. The molecule has 4 heteroatoms. The van der Waals surface area contributed by atoms with E-state index in [9.17, 15) is 4.79 Å². The zero-order chi connectivity index (χ0) is 12.6. The Morgan fingerprint density at radius 1 is 1.50 bits per heavy atom. The predicted octanol–water partition coefficient (Wildman–Crippen LogP) is 1.81. The van der Waals surface area contributed by atoms with Crippen LogP contribution in [0.3, 0.4) is 0 Å². The topological polar surface area (TPSA) is 53.3 Å². The summed E-state index contributed by atoms with van der Waals surface area (Å²) < 4.78 is 5.03. The molecule has 16 heavy (non-hydrogen) atoms. The standard InChI is InChI=1S/C12H22N2O2/c1-5-7-11(8-13)12(15)14(6-2)10(3)9-16-4/h10-11H,5-7,9H2,1-4H3. The summed E-state index contributed by atoms with van der Waals surface area (Å²) in [6, 6.07) is 2.11. The van der Waals surface area contributed by atoms with Crippen molar-refractivity contribution in [3.8, 4) is 6.07 Å². The lowest BCUT2D eigenvalue weighted by Gasteiger charge is -2.29. The highest BCUT2D eigenvalue weighted by Crippen LogP contribution is 2.12. The average molecular weight is 226 g/mol. The number of methoxy groups -OCH3 is 1. The number of likely N-dealkylation sites (N-methyl/N-ethyl adjacent to an activating group) is 1. The lowest BCUT2D eigenvalue weighted by atomic mass is 10.0. The first-order valence-corrected chi connectivity index (χ1v) is 5.81. The largest absolute Gasteiger partial charge is 0.383 e. The molecular formula is C12H22N2O2. The Labute approximate surface area is 98.2 Å². The molecule has 0 aliphatic carbocycles. The van der Waals surface area contributed by atoms with E-state index >= 15 is 0 Å². The van der Waals surface area contributed by atoms with Crippen LogP contribution in [0.15, 0.2) is 0 Å². The number of ether oxygens (including phenoxy) is 1. The summed E-state index contributed by atoms with van der Waals surface area (Å²) in [6.45, 7) is 6.96. The van der Waals surface area contributed by atoms with Gasteiger partial charge in [0, 0.05) is 13.7 Å². The van der Waals surface area contributed by atoms with Crippen molar-refractivity contribution in [2.45, 2.75) is 39.7 Å². The predicted molar refractivity (Wildman–Crippen MR) is 62.7 cm³/mol. The van der Waals surface area contributed by atoms with Gasteiger partial charge in [-0.05, 0) is 20.3 Å². The molecular weight excluding hydrogens is 204 g/mol. The third-order valence-electron chi connectivity index (χ3n) is 2.59. The third kappa shape index (κ3) is 4.19. The summed E-state index contributed by atoms with van der Waals surface area (Å²) in [4.78, 5) is 13.8. The molecule has 0 aliphatic heterocycles. The van der Waals surface area contributed by atoms with Crippen LogP contribution in [-0.2, 0) is 9.53 Å². The maximum Gasteiger partial charge on any atom is 0.240 e. The quantitative estimate of drug-likeness (QED) is 0.665. The SMILES string of the molecule is CCCC(C#N)C(=O)N(CC)C(C)COC. The van der Waals surface area contributed by atoms with E-state index in [0.29, 0.717) is 19.6 Å². The number of rotatable bonds is 7. The average Bonchev–Trinajstić information content (AvgIpc) is 2.27. The van der Waals surface area contributed by atoms with Gasteiger partial charge in [0.25, 0.3) is 0 Å². The van der Waals surface area contributed by atoms with Gasteiger partial charge < -0.3 is 9.64 Å². The smallest absolute Gasteiger partial charge is 0.240 e. The van der Waals surface area contributed by atoms with Gasteiger partial charge in [-0.2, -0.15) is 5.26 Å². The van der Waals surface area contributed by atoms with E-state index in [1.807, 2.05) is 20.8 Å². The molecule has 92 valence electrons. The normalized spacial score (nSPS) is 13.9. The molecule has 0 fully saturated rings. The van der Waals surface area contributed by atoms with E-state index < -0.39 is 5.92 Å². The molecule has 0 aromatic rings. The highest BCUT2D eigenvalue weighted by molar-refractivity contribution is 5.81. The van der Waals surface area contributed by atoms with Crippen LogP contribution in [0.1, 0.15) is 33.6 Å². The second-order valence-corrected chi connectivity index (χ2v) is 3.90. The van der Waals surface area contributed by atoms with Crippen LogP contribution in [0.25, 0.3) is 0 Å². The molecule has 0 radical (unpaired) electrons. The maximum absolute atomic E-state index is 12.1. The Balaban J connectivity index is 4.56. The molecule has 0 spiro atoms. The summed E-state index contributed by atoms with van der Waals surface area (Å²) in [5.41, 5.74) is 0. The first-order chi connectivity index (χ1) is 7.62. The van der Waals surface area contributed by atoms with Gasteiger partial charge in [0.05, 0.1) is 18.7 Å². The number of amides is 1. The highest BCUT2D eigenvalue weighted by Gasteiger charge is 2.25. The number of hydrogen-bond acceptors (Lipinski definition) is 3. The van der Waals surface area contributed by atoms with Crippen LogP contribution >= 0.6 is 0 Å². The van der Waals surface area contributed by atoms with Crippen molar-refractivity contribution in [2.75, 3.05) is 20.3 Å². The Hall–Kier alpha value is -1.08. The fourth-order valence-electron chi connectivity index (χ4n) is 1.75. The minimum Gasteiger partial charge on any atom is -0.383 e. The molecule has 0 aliphatic rings. The van der Waals surface area contributed by atoms with Crippen LogP contribution in [0, 0.1) is 17.2 Å². The fourth-order valence-corrected chi connectivity index (χ4v) is 1.75. The van der Waals surface area contributed by atoms with E-state index in [1.54, 1.807) is 12.0 Å². The van der Waals surface area contributed by atoms with Crippen LogP contribution in [0.5, 0.6) is 0 Å². The van der Waals surface area contributed by atoms with E-state index in [4.69, 9.17) is 10.00 Å². The van der Waals surface area contributed by atoms with Crippen molar-refractivity contribution in [3.05, 3.63) is 0 Å². The second-order valence-electron chi connectivity index (χ2n) is 3.90. The first kappa shape index (κ1) is 14.9. The Morgan fingerprint density at radius 3 is 2.50 bits per heavy atom. The number of carbonyl (C=O) groups is 1. The molecule has 2 atom stereocenters. The molecule has 4 nitrogen and oxygen atoms in total. The molecule has 0 N–H and O–H groups in total. The van der Waals surface area contributed by atoms with Gasteiger partial charge in [0.15, 0.2) is 0 Å². The molecule has 0 bridgehead atoms. The van der Waals surface area contributed by atoms with Crippen molar-refractivity contribution in [2.24, 2.45) is 5.92 Å². The summed E-state index contributed by atoms with van der Waals surface area (Å²) in [5, 5.41) is 8.95. The zero-order valence-corrected chi connectivity index (χ0v) is 10.7. The summed E-state index contributed by atoms with van der Waals surface area (Å²) in [6.07, 6.45) is 1.48. The van der Waals surface area contributed by atoms with Crippen LogP contribution in [-0.4, -0.2) is 37.1 Å². The summed E-state index contributed by atoms with van der Waals surface area (Å²) in [7, 11) is 1.61. The molecule has 1 amide bonds. The van der Waals surface area contributed by atoms with Gasteiger partial charge in [-0.25, -0.2) is 0 Å². The van der Waals surface area contributed by atoms with E-state index in [0.717, 1.165) is 6.42 Å². The van der Waals surface area contributed by atoms with Crippen molar-refractivity contribution in [1.29, 1.82) is 5.26 Å². The second kappa shape index (κ2) is 8.12. The number of carbonyl (C=O) groups excluding carboxylic acids is 1. The van der Waals surface area contributed by atoms with Crippen molar-refractivity contribution in [3.63, 3.8) is 0 Å². The van der Waals surface area contributed by atoms with Gasteiger partial charge in [0.1, 0.15) is 5.92 Å². The molecule has 0 saturated heterocycles. The van der Waals surface area contributed by atoms with Gasteiger partial charge in [0.2, 0.25) is 5.91 Å². The summed E-state index contributed by atoms with van der Waals surface area (Å²) in [5.74, 6) is -0.583. The minimum atomic E-state index is -0.510. The zero-order valence-electron chi connectivity index (χ0n) is 10.7. The molecule has 0 heterocycles. The van der Waals surface area contributed by atoms with Gasteiger partial charge in [-0.3, -0.25) is 4.79 Å². The Bertz CT molecular complexity index is 248. The third-order valence-corrected chi connectivity index (χ3v) is 2.59. The van der Waals surface area contributed by atoms with Crippen molar-refractivity contribution >= 4 is 5.91 Å². The molecule has 0 aromatic carbocycles. The Morgan fingerprint density at radius 2 is 2.12 bits per heavy atom. The van der Waals surface area contributed by atoms with Crippen molar-refractivity contribution in [1.82, 2.24) is 4.90 Å². The monoisotopic (exact) mass is 226 g/mol. The fraction of sp³-hybridized carbons (Fsp3) is 0.833. The highest BCUT2D eigenvalue weighted by atomic mass is 16.5. The number of hydrogen-bond donors (Lipinski definition) is 0. The lowest BCUT2D eigenvalue weighted by Crippen LogP contribution is -2.43. The van der Waals surface area contributed by atoms with Gasteiger partial charge in [-0.1, -0.05) is 13.3 Å². The van der Waals surface area contributed by atoms with Crippen LogP contribution in [0.2, 0.25) is 0 Å². The number of nitriles is 1. The van der Waals surface area contributed by atoms with E-state index in [1.165, 1.54) is 0 Å². The summed E-state index contributed by atoms with van der Waals surface area (Å²) >= 11 is 0. The number of nitrogens with zero attached hydrogens (tertiary/aromatic N) is 2. The van der Waals surface area contributed by atoms with Crippen molar-refractivity contribution < 1.29 is 9.53 Å². The Kier molecular flexibility index (Phi) is 7.57. The van der Waals surface area contributed by atoms with Gasteiger partial charge in [-0.15, -0.1) is 0 Å². The molecule has 2 unspecified atom stereocenters. The van der Waals surface area contributed by atoms with Crippen LogP contribution < -0.4 is 0 Å². The minimum absolute atomic E-state index is 0.0233. The van der Waals surface area contributed by atoms with Gasteiger partial charge >= 0.3 is 0 Å². The van der Waals surface area contributed by atoms with E-state index in [2.05, 4.69) is 6.07 Å².